The fraction of sp³-hybridized carbons (Fsp3) is 0.636. The van der Waals surface area contributed by atoms with Crippen LogP contribution in [0.15, 0.2) is 11.2 Å². The van der Waals surface area contributed by atoms with Crippen LogP contribution in [0, 0.1) is 0 Å². The summed E-state index contributed by atoms with van der Waals surface area (Å²) in [4.78, 5) is 22.9. The molecule has 0 spiro atoms. The molecule has 0 fully saturated rings. The molecule has 0 aliphatic carbocycles. The van der Waals surface area contributed by atoms with E-state index in [2.05, 4.69) is 26.0 Å². The molecule has 1 heterocycles. The summed E-state index contributed by atoms with van der Waals surface area (Å²) in [5.41, 5.74) is 0. The molecule has 0 bridgehead atoms. The largest absolute Gasteiger partial charge is 0.353 e. The molecule has 0 aliphatic rings. The van der Waals surface area contributed by atoms with Gasteiger partial charge in [0.2, 0.25) is 11.8 Å². The second kappa shape index (κ2) is 8.52. The predicted molar refractivity (Wildman–Crippen MR) is 72.6 cm³/mol. The first-order valence-corrected chi connectivity index (χ1v) is 7.15. The molecule has 1 aromatic rings. The number of nitrogens with zero attached hydrogens (tertiary/aromatic N) is 2. The average molecular weight is 285 g/mol. The van der Waals surface area contributed by atoms with E-state index in [1.807, 2.05) is 6.92 Å². The minimum absolute atomic E-state index is 0.141. The Morgan fingerprint density at radius 1 is 1.53 bits per heavy atom. The van der Waals surface area contributed by atoms with E-state index in [0.29, 0.717) is 18.7 Å². The molecule has 0 aromatic carbocycles. The van der Waals surface area contributed by atoms with Crippen LogP contribution in [0.25, 0.3) is 0 Å². The lowest BCUT2D eigenvalue weighted by atomic mass is 10.1. The van der Waals surface area contributed by atoms with Gasteiger partial charge in [-0.05, 0) is 6.42 Å². The number of H-pyrrole nitrogens is 1. The minimum Gasteiger partial charge on any atom is -0.353 e. The van der Waals surface area contributed by atoms with E-state index in [4.69, 9.17) is 0 Å². The third-order valence-electron chi connectivity index (χ3n) is 2.32. The van der Waals surface area contributed by atoms with Gasteiger partial charge in [-0.1, -0.05) is 13.3 Å². The SMILES string of the molecule is CCCC(NC(C)=O)C(=O)NCCSc1cn[nH]n1. The lowest BCUT2D eigenvalue weighted by Gasteiger charge is -2.16. The monoisotopic (exact) mass is 285 g/mol. The molecule has 2 amide bonds. The third-order valence-corrected chi connectivity index (χ3v) is 3.22. The van der Waals surface area contributed by atoms with Crippen molar-refractivity contribution >= 4 is 23.6 Å². The summed E-state index contributed by atoms with van der Waals surface area (Å²) >= 11 is 1.50. The summed E-state index contributed by atoms with van der Waals surface area (Å²) in [7, 11) is 0. The molecule has 7 nitrogen and oxygen atoms in total. The van der Waals surface area contributed by atoms with Crippen molar-refractivity contribution in [1.82, 2.24) is 26.0 Å². The fourth-order valence-corrected chi connectivity index (χ4v) is 2.16. The first-order valence-electron chi connectivity index (χ1n) is 6.17. The number of aromatic amines is 1. The number of hydrogen-bond donors (Lipinski definition) is 3. The van der Waals surface area contributed by atoms with E-state index in [-0.39, 0.29) is 11.8 Å². The van der Waals surface area contributed by atoms with Crippen molar-refractivity contribution in [3.8, 4) is 0 Å². The van der Waals surface area contributed by atoms with E-state index in [1.165, 1.54) is 18.7 Å². The Bertz CT molecular complexity index is 396. The van der Waals surface area contributed by atoms with Gasteiger partial charge in [0.05, 0.1) is 6.20 Å². The van der Waals surface area contributed by atoms with Gasteiger partial charge < -0.3 is 10.6 Å². The van der Waals surface area contributed by atoms with Gasteiger partial charge in [-0.3, -0.25) is 9.59 Å². The third kappa shape index (κ3) is 6.23. The van der Waals surface area contributed by atoms with Crippen molar-refractivity contribution in [2.75, 3.05) is 12.3 Å². The maximum Gasteiger partial charge on any atom is 0.242 e. The number of rotatable bonds is 8. The zero-order valence-electron chi connectivity index (χ0n) is 11.1. The van der Waals surface area contributed by atoms with Gasteiger partial charge in [-0.25, -0.2) is 0 Å². The van der Waals surface area contributed by atoms with Gasteiger partial charge in [0.25, 0.3) is 0 Å². The summed E-state index contributed by atoms with van der Waals surface area (Å²) < 4.78 is 0. The second-order valence-electron chi connectivity index (χ2n) is 3.99. The second-order valence-corrected chi connectivity index (χ2v) is 5.10. The van der Waals surface area contributed by atoms with Crippen molar-refractivity contribution in [3.63, 3.8) is 0 Å². The molecular formula is C11H19N5O2S. The van der Waals surface area contributed by atoms with Crippen LogP contribution < -0.4 is 10.6 Å². The van der Waals surface area contributed by atoms with E-state index in [9.17, 15) is 9.59 Å². The number of carbonyl (C=O) groups is 2. The average Bonchev–Trinajstić information content (AvgIpc) is 2.86. The number of aromatic nitrogens is 3. The lowest BCUT2D eigenvalue weighted by Crippen LogP contribution is -2.46. The summed E-state index contributed by atoms with van der Waals surface area (Å²) in [6.07, 6.45) is 3.11. The van der Waals surface area contributed by atoms with Crippen molar-refractivity contribution in [3.05, 3.63) is 6.20 Å². The standard InChI is InChI=1S/C11H19N5O2S/c1-3-4-9(14-8(2)17)11(18)12-5-6-19-10-7-13-16-15-10/h7,9H,3-6H2,1-2H3,(H,12,18)(H,14,17)(H,13,15,16). The van der Waals surface area contributed by atoms with E-state index < -0.39 is 6.04 Å². The Balaban J connectivity index is 2.25. The van der Waals surface area contributed by atoms with Gasteiger partial charge in [0, 0.05) is 19.2 Å². The van der Waals surface area contributed by atoms with Crippen molar-refractivity contribution in [2.45, 2.75) is 37.8 Å². The number of hydrogen-bond acceptors (Lipinski definition) is 5. The Hall–Kier alpha value is -1.57. The first-order chi connectivity index (χ1) is 9.13. The molecule has 0 saturated carbocycles. The molecule has 0 saturated heterocycles. The Morgan fingerprint density at radius 3 is 2.89 bits per heavy atom. The highest BCUT2D eigenvalue weighted by Crippen LogP contribution is 2.10. The quantitative estimate of drug-likeness (QED) is 0.472. The summed E-state index contributed by atoms with van der Waals surface area (Å²) in [5.74, 6) is 0.375. The van der Waals surface area contributed by atoms with Crippen LogP contribution in [0.2, 0.25) is 0 Å². The number of carbonyl (C=O) groups excluding carboxylic acids is 2. The number of amides is 2. The molecule has 1 atom stereocenters. The molecular weight excluding hydrogens is 266 g/mol. The summed E-state index contributed by atoms with van der Waals surface area (Å²) in [6, 6.07) is -0.445. The number of thioether (sulfide) groups is 1. The molecule has 0 aliphatic heterocycles. The van der Waals surface area contributed by atoms with Gasteiger partial charge >= 0.3 is 0 Å². The summed E-state index contributed by atoms with van der Waals surface area (Å²) in [6.45, 7) is 3.91. The van der Waals surface area contributed by atoms with Crippen molar-refractivity contribution < 1.29 is 9.59 Å². The van der Waals surface area contributed by atoms with Crippen LogP contribution in [0.5, 0.6) is 0 Å². The molecule has 1 rings (SSSR count). The highest BCUT2D eigenvalue weighted by molar-refractivity contribution is 7.99. The fourth-order valence-electron chi connectivity index (χ4n) is 1.52. The topological polar surface area (TPSA) is 99.8 Å². The Labute approximate surface area is 116 Å². The zero-order valence-corrected chi connectivity index (χ0v) is 11.9. The smallest absolute Gasteiger partial charge is 0.242 e. The van der Waals surface area contributed by atoms with Crippen LogP contribution in [0.1, 0.15) is 26.7 Å². The molecule has 3 N–H and O–H groups in total. The lowest BCUT2D eigenvalue weighted by molar-refractivity contribution is -0.128. The number of nitrogens with one attached hydrogen (secondary N) is 3. The van der Waals surface area contributed by atoms with Gasteiger partial charge in [-0.15, -0.1) is 16.9 Å². The van der Waals surface area contributed by atoms with Crippen LogP contribution in [-0.2, 0) is 9.59 Å². The highest BCUT2D eigenvalue weighted by atomic mass is 32.2. The van der Waals surface area contributed by atoms with Crippen LogP contribution in [0.4, 0.5) is 0 Å². The van der Waals surface area contributed by atoms with Crippen molar-refractivity contribution in [2.24, 2.45) is 0 Å². The highest BCUT2D eigenvalue weighted by Gasteiger charge is 2.17. The Morgan fingerprint density at radius 2 is 2.32 bits per heavy atom. The van der Waals surface area contributed by atoms with Gasteiger partial charge in [0.1, 0.15) is 11.1 Å². The van der Waals surface area contributed by atoms with Gasteiger partial charge in [0.15, 0.2) is 0 Å². The molecule has 1 unspecified atom stereocenters. The predicted octanol–water partition coefficient (Wildman–Crippen LogP) is 0.318. The maximum absolute atomic E-state index is 11.9. The molecule has 106 valence electrons. The van der Waals surface area contributed by atoms with E-state index >= 15 is 0 Å². The molecule has 0 radical (unpaired) electrons. The van der Waals surface area contributed by atoms with Crippen LogP contribution >= 0.6 is 11.8 Å². The van der Waals surface area contributed by atoms with Crippen molar-refractivity contribution in [1.29, 1.82) is 0 Å². The zero-order chi connectivity index (χ0) is 14.1. The van der Waals surface area contributed by atoms with Crippen LogP contribution in [-0.4, -0.2) is 45.6 Å². The molecule has 19 heavy (non-hydrogen) atoms. The molecule has 1 aromatic heterocycles. The summed E-state index contributed by atoms with van der Waals surface area (Å²) in [5, 5.41) is 16.3. The maximum atomic E-state index is 11.9. The van der Waals surface area contributed by atoms with Gasteiger partial charge in [-0.2, -0.15) is 10.3 Å². The molecule has 8 heteroatoms. The van der Waals surface area contributed by atoms with E-state index in [0.717, 1.165) is 11.4 Å². The van der Waals surface area contributed by atoms with Crippen LogP contribution in [0.3, 0.4) is 0 Å². The minimum atomic E-state index is -0.445. The Kier molecular flexibility index (Phi) is 6.94. The normalized spacial score (nSPS) is 11.9. The van der Waals surface area contributed by atoms with E-state index in [1.54, 1.807) is 6.20 Å². The first kappa shape index (κ1) is 15.5.